The Balaban J connectivity index is 0.906. The van der Waals surface area contributed by atoms with Crippen LogP contribution in [0.2, 0.25) is 5.02 Å². The van der Waals surface area contributed by atoms with Crippen molar-refractivity contribution in [2.75, 3.05) is 82.4 Å². The maximum Gasteiger partial charge on any atom is 0.293 e. The molecule has 5 heterocycles. The SMILES string of the molecule is CC1(C)CCC(CN2CCN(c3ccc(C(=O)NS(=O)(=O)c4ccc(NC[C@H]5CN(C6COC6)CCO5)c([N+](=O)[O-])c4)c(OC4C=Nc5ncccc54)c3)CC2)=C(c2ccc(Cl)cc2)C1. The zero-order valence-corrected chi connectivity index (χ0v) is 38.0. The number of allylic oxidation sites excluding steroid dienone is 1. The topological polar surface area (TPSA) is 181 Å². The molecule has 1 aliphatic carbocycles. The van der Waals surface area contributed by atoms with Crippen molar-refractivity contribution < 1.29 is 32.3 Å². The van der Waals surface area contributed by atoms with Gasteiger partial charge in [-0.3, -0.25) is 24.7 Å². The number of carbonyl (C=O) groups is 1. The van der Waals surface area contributed by atoms with E-state index in [1.165, 1.54) is 28.8 Å². The molecule has 3 aromatic carbocycles. The van der Waals surface area contributed by atoms with E-state index in [1.54, 1.807) is 36.7 Å². The Bertz CT molecular complexity index is 2610. The number of benzene rings is 3. The number of nitro benzene ring substituents is 1. The number of ether oxygens (including phenoxy) is 3. The van der Waals surface area contributed by atoms with Crippen molar-refractivity contribution in [1.29, 1.82) is 0 Å². The summed E-state index contributed by atoms with van der Waals surface area (Å²) in [5, 5.41) is 16.0. The van der Waals surface area contributed by atoms with Crippen LogP contribution in [0.15, 0.2) is 94.5 Å². The van der Waals surface area contributed by atoms with Gasteiger partial charge in [-0.25, -0.2) is 23.1 Å². The number of carbonyl (C=O) groups excluding carboxylic acids is 1. The molecule has 18 heteroatoms. The van der Waals surface area contributed by atoms with Crippen LogP contribution in [0.3, 0.4) is 0 Å². The molecule has 9 rings (SSSR count). The first-order valence-corrected chi connectivity index (χ1v) is 23.9. The summed E-state index contributed by atoms with van der Waals surface area (Å²) in [6.07, 6.45) is 5.49. The van der Waals surface area contributed by atoms with Crippen molar-refractivity contribution in [2.24, 2.45) is 10.4 Å². The number of rotatable bonds is 14. The van der Waals surface area contributed by atoms with Gasteiger partial charge in [-0.2, -0.15) is 0 Å². The first-order chi connectivity index (χ1) is 31.3. The predicted octanol–water partition coefficient (Wildman–Crippen LogP) is 6.90. The van der Waals surface area contributed by atoms with E-state index in [0.29, 0.717) is 43.8 Å². The molecule has 3 fully saturated rings. The number of aliphatic imine (C=N–C) groups is 1. The quantitative estimate of drug-likeness (QED) is 0.0987. The number of hydrogen-bond donors (Lipinski definition) is 2. The molecule has 2 N–H and O–H groups in total. The molecule has 16 nitrogen and oxygen atoms in total. The molecular weight excluding hydrogens is 872 g/mol. The molecule has 4 aliphatic heterocycles. The highest BCUT2D eigenvalue weighted by molar-refractivity contribution is 7.90. The maximum absolute atomic E-state index is 14.0. The van der Waals surface area contributed by atoms with Crippen molar-refractivity contribution >= 4 is 62.2 Å². The molecule has 0 saturated carbocycles. The number of hydrogen-bond acceptors (Lipinski definition) is 14. The lowest BCUT2D eigenvalue weighted by Crippen LogP contribution is -2.56. The number of nitrogens with one attached hydrogen (secondary N) is 2. The smallest absolute Gasteiger partial charge is 0.293 e. The summed E-state index contributed by atoms with van der Waals surface area (Å²) in [5.41, 5.74) is 5.47. The Hall–Kier alpha value is -5.43. The zero-order chi connectivity index (χ0) is 45.3. The first kappa shape index (κ1) is 44.8. The summed E-state index contributed by atoms with van der Waals surface area (Å²) in [7, 11) is -4.59. The average molecular weight is 926 g/mol. The molecule has 2 atom stereocenters. The van der Waals surface area contributed by atoms with Gasteiger partial charge in [-0.1, -0.05) is 43.2 Å². The van der Waals surface area contributed by atoms with Crippen LogP contribution in [-0.2, 0) is 19.5 Å². The van der Waals surface area contributed by atoms with Gasteiger partial charge in [0.2, 0.25) is 0 Å². The molecule has 5 aliphatic rings. The van der Waals surface area contributed by atoms with E-state index in [0.717, 1.165) is 75.3 Å². The number of anilines is 2. The fourth-order valence-electron chi connectivity index (χ4n) is 9.15. The van der Waals surface area contributed by atoms with Crippen LogP contribution in [0.4, 0.5) is 22.9 Å². The highest BCUT2D eigenvalue weighted by Crippen LogP contribution is 2.44. The zero-order valence-electron chi connectivity index (χ0n) is 36.4. The summed E-state index contributed by atoms with van der Waals surface area (Å²) in [6.45, 7) is 12.2. The normalized spacial score (nSPS) is 21.4. The number of halogens is 1. The predicted molar refractivity (Wildman–Crippen MR) is 249 cm³/mol. The Labute approximate surface area is 383 Å². The number of nitro groups is 1. The minimum Gasteiger partial charge on any atom is -0.479 e. The molecule has 342 valence electrons. The molecule has 65 heavy (non-hydrogen) atoms. The van der Waals surface area contributed by atoms with Crippen LogP contribution in [-0.4, -0.2) is 125 Å². The fourth-order valence-corrected chi connectivity index (χ4v) is 10.3. The number of nitrogens with zero attached hydrogens (tertiary/aromatic N) is 6. The van der Waals surface area contributed by atoms with Crippen LogP contribution < -0.4 is 19.7 Å². The van der Waals surface area contributed by atoms with Gasteiger partial charge in [0.05, 0.1) is 53.6 Å². The van der Waals surface area contributed by atoms with E-state index >= 15 is 0 Å². The Morgan fingerprint density at radius 2 is 1.83 bits per heavy atom. The highest BCUT2D eigenvalue weighted by atomic mass is 35.5. The molecular formula is C47H53ClN8O8S. The van der Waals surface area contributed by atoms with Crippen molar-refractivity contribution in [1.82, 2.24) is 19.5 Å². The van der Waals surface area contributed by atoms with Gasteiger partial charge in [0.25, 0.3) is 21.6 Å². The molecule has 0 spiro atoms. The van der Waals surface area contributed by atoms with Gasteiger partial charge in [0.1, 0.15) is 11.4 Å². The minimum atomic E-state index is -4.59. The van der Waals surface area contributed by atoms with Crippen LogP contribution in [0.25, 0.3) is 5.57 Å². The Morgan fingerprint density at radius 1 is 1.03 bits per heavy atom. The van der Waals surface area contributed by atoms with Crippen molar-refractivity contribution in [3.63, 3.8) is 0 Å². The standard InChI is InChI=1S/C47H53ClN8O8S/c1-47(2)14-13-32(40(24-47)31-5-7-33(48)8-6-31)27-53-16-18-54(19-17-53)34-9-11-39(43(22-34)64-44-26-51-45-38(44)4-3-15-49-45)46(57)52-65(60,61)37-10-12-41(42(23-37)56(58)59)50-25-36-28-55(20-21-63-36)35-29-62-30-35/h3-12,15,22-23,26,35-36,44,50H,13-14,16-21,24-25,27-30H2,1-2H3,(H,52,57)/t36-,44?/m0/s1. The van der Waals surface area contributed by atoms with E-state index in [4.69, 9.17) is 25.8 Å². The highest BCUT2D eigenvalue weighted by Gasteiger charge is 2.33. The van der Waals surface area contributed by atoms with Crippen LogP contribution in [0, 0.1) is 15.5 Å². The summed E-state index contributed by atoms with van der Waals surface area (Å²) in [5.74, 6) is -0.322. The lowest BCUT2D eigenvalue weighted by molar-refractivity contribution is -0.384. The van der Waals surface area contributed by atoms with Crippen LogP contribution in [0.5, 0.6) is 5.75 Å². The number of fused-ring (bicyclic) bond motifs is 1. The first-order valence-electron chi connectivity index (χ1n) is 22.1. The summed E-state index contributed by atoms with van der Waals surface area (Å²) in [4.78, 5) is 40.9. The van der Waals surface area contributed by atoms with E-state index in [9.17, 15) is 23.3 Å². The molecule has 1 unspecified atom stereocenters. The maximum atomic E-state index is 14.0. The number of amides is 1. The molecule has 1 aromatic heterocycles. The third kappa shape index (κ3) is 10.2. The number of morpholine rings is 1. The van der Waals surface area contributed by atoms with Gasteiger partial charge in [0.15, 0.2) is 11.9 Å². The van der Waals surface area contributed by atoms with E-state index in [-0.39, 0.29) is 35.1 Å². The molecule has 0 radical (unpaired) electrons. The van der Waals surface area contributed by atoms with Gasteiger partial charge in [0, 0.05) is 87.0 Å². The second-order valence-corrected chi connectivity index (χ2v) is 20.2. The third-order valence-electron chi connectivity index (χ3n) is 13.0. The van der Waals surface area contributed by atoms with E-state index < -0.39 is 37.5 Å². The van der Waals surface area contributed by atoms with E-state index in [2.05, 4.69) is 60.7 Å². The van der Waals surface area contributed by atoms with Gasteiger partial charge in [-0.15, -0.1) is 0 Å². The number of aromatic nitrogens is 1. The number of piperazine rings is 1. The Kier molecular flexibility index (Phi) is 13.0. The molecule has 3 saturated heterocycles. The lowest BCUT2D eigenvalue weighted by Gasteiger charge is -2.42. The van der Waals surface area contributed by atoms with Crippen molar-refractivity contribution in [3.8, 4) is 5.75 Å². The molecule has 1 amide bonds. The second-order valence-electron chi connectivity index (χ2n) is 18.0. The third-order valence-corrected chi connectivity index (χ3v) is 14.6. The largest absolute Gasteiger partial charge is 0.479 e. The van der Waals surface area contributed by atoms with Gasteiger partial charge in [-0.05, 0) is 84.3 Å². The van der Waals surface area contributed by atoms with Gasteiger partial charge < -0.3 is 24.4 Å². The molecule has 4 aromatic rings. The number of sulfonamides is 1. The van der Waals surface area contributed by atoms with Crippen LogP contribution in [0.1, 0.15) is 60.7 Å². The second kappa shape index (κ2) is 18.8. The fraction of sp³-hybridized carbons (Fsp3) is 0.426. The summed E-state index contributed by atoms with van der Waals surface area (Å²) < 4.78 is 47.4. The average Bonchev–Trinajstić information content (AvgIpc) is 3.68. The van der Waals surface area contributed by atoms with Crippen LogP contribution >= 0.6 is 11.6 Å². The van der Waals surface area contributed by atoms with Crippen molar-refractivity contribution in [3.05, 3.63) is 116 Å². The lowest BCUT2D eigenvalue weighted by atomic mass is 9.72. The number of pyridine rings is 1. The Morgan fingerprint density at radius 3 is 2.58 bits per heavy atom. The minimum absolute atomic E-state index is 0.0358. The monoisotopic (exact) mass is 924 g/mol. The van der Waals surface area contributed by atoms with Gasteiger partial charge >= 0.3 is 0 Å². The van der Waals surface area contributed by atoms with E-state index in [1.807, 2.05) is 18.2 Å². The van der Waals surface area contributed by atoms with Crippen molar-refractivity contribution in [2.45, 2.75) is 56.3 Å². The molecule has 0 bridgehead atoms. The summed E-state index contributed by atoms with van der Waals surface area (Å²) >= 11 is 6.25. The summed E-state index contributed by atoms with van der Waals surface area (Å²) in [6, 6.07) is 20.7.